The van der Waals surface area contributed by atoms with E-state index in [1.165, 1.54) is 32.6 Å². The lowest BCUT2D eigenvalue weighted by molar-refractivity contribution is 0.668. The fourth-order valence-electron chi connectivity index (χ4n) is 8.86. The van der Waals surface area contributed by atoms with Gasteiger partial charge in [-0.2, -0.15) is 0 Å². The molecule has 0 radical (unpaired) electrons. The third-order valence-corrected chi connectivity index (χ3v) is 11.4. The van der Waals surface area contributed by atoms with Crippen LogP contribution in [-0.2, 0) is 0 Å². The van der Waals surface area contributed by atoms with Gasteiger partial charge in [0, 0.05) is 43.7 Å². The summed E-state index contributed by atoms with van der Waals surface area (Å²) in [4.78, 5) is 2.32. The Balaban J connectivity index is 1.06. The molecule has 56 heavy (non-hydrogen) atoms. The molecule has 262 valence electrons. The summed E-state index contributed by atoms with van der Waals surface area (Å²) in [5, 5.41) is 9.29. The molecule has 12 aromatic rings. The molecule has 0 spiro atoms. The van der Waals surface area contributed by atoms with Gasteiger partial charge in [0.05, 0.1) is 27.8 Å². The Labute approximate surface area is 321 Å². The summed E-state index contributed by atoms with van der Waals surface area (Å²) in [7, 11) is 0. The van der Waals surface area contributed by atoms with Crippen LogP contribution < -0.4 is 4.90 Å². The Morgan fingerprint density at radius 3 is 1.89 bits per heavy atom. The van der Waals surface area contributed by atoms with Gasteiger partial charge in [0.25, 0.3) is 0 Å². The zero-order valence-corrected chi connectivity index (χ0v) is 30.2. The summed E-state index contributed by atoms with van der Waals surface area (Å²) in [5.41, 5.74) is 12.3. The Kier molecular flexibility index (Phi) is 6.60. The third kappa shape index (κ3) is 4.53. The Hall–Kier alpha value is -7.56. The van der Waals surface area contributed by atoms with E-state index in [9.17, 15) is 0 Å². The lowest BCUT2D eigenvalue weighted by Crippen LogP contribution is -2.10. The van der Waals surface area contributed by atoms with E-state index < -0.39 is 0 Å². The monoisotopic (exact) mass is 716 g/mol. The highest BCUT2D eigenvalue weighted by Crippen LogP contribution is 2.47. The quantitative estimate of drug-likeness (QED) is 0.178. The molecule has 0 saturated carbocycles. The first kappa shape index (κ1) is 30.9. The van der Waals surface area contributed by atoms with Crippen molar-refractivity contribution in [3.8, 4) is 16.8 Å². The summed E-state index contributed by atoms with van der Waals surface area (Å²) in [6, 6.07) is 69.0. The number of para-hydroxylation sites is 4. The van der Waals surface area contributed by atoms with Crippen LogP contribution in [0.1, 0.15) is 0 Å². The molecule has 3 aromatic heterocycles. The molecule has 0 atom stereocenters. The molecule has 0 unspecified atom stereocenters. The molecular weight excluding hydrogens is 685 g/mol. The number of aromatic nitrogens is 1. The van der Waals surface area contributed by atoms with Crippen molar-refractivity contribution < 1.29 is 8.83 Å². The predicted octanol–water partition coefficient (Wildman–Crippen LogP) is 14.9. The molecule has 0 aliphatic carbocycles. The second kappa shape index (κ2) is 12.0. The van der Waals surface area contributed by atoms with Crippen molar-refractivity contribution in [2.24, 2.45) is 0 Å². The highest BCUT2D eigenvalue weighted by Gasteiger charge is 2.23. The topological polar surface area (TPSA) is 34.5 Å². The minimum Gasteiger partial charge on any atom is -0.456 e. The van der Waals surface area contributed by atoms with Crippen molar-refractivity contribution in [3.63, 3.8) is 0 Å². The maximum atomic E-state index is 6.65. The van der Waals surface area contributed by atoms with Crippen molar-refractivity contribution in [2.75, 3.05) is 4.90 Å². The van der Waals surface area contributed by atoms with Crippen LogP contribution in [0, 0.1) is 0 Å². The van der Waals surface area contributed by atoms with Crippen LogP contribution in [0.25, 0.3) is 93.3 Å². The minimum atomic E-state index is 0.842. The van der Waals surface area contributed by atoms with Crippen molar-refractivity contribution in [2.45, 2.75) is 0 Å². The molecule has 12 rings (SSSR count). The lowest BCUT2D eigenvalue weighted by Gasteiger charge is -2.26. The molecule has 0 fully saturated rings. The molecule has 0 aliphatic heterocycles. The van der Waals surface area contributed by atoms with Gasteiger partial charge >= 0.3 is 0 Å². The zero-order valence-electron chi connectivity index (χ0n) is 30.2. The number of hydrogen-bond acceptors (Lipinski definition) is 3. The van der Waals surface area contributed by atoms with Crippen LogP contribution in [0.15, 0.2) is 203 Å². The number of nitrogens with zero attached hydrogens (tertiary/aromatic N) is 2. The molecule has 0 saturated heterocycles. The Morgan fingerprint density at radius 2 is 1.04 bits per heavy atom. The normalized spacial score (nSPS) is 11.9. The molecular formula is C52H32N2O2. The molecule has 4 nitrogen and oxygen atoms in total. The summed E-state index contributed by atoms with van der Waals surface area (Å²) in [6.07, 6.45) is 0. The van der Waals surface area contributed by atoms with Gasteiger partial charge in [-0.1, -0.05) is 133 Å². The van der Waals surface area contributed by atoms with E-state index in [1.54, 1.807) is 0 Å². The fraction of sp³-hybridized carbons (Fsp3) is 0. The molecule has 0 N–H and O–H groups in total. The van der Waals surface area contributed by atoms with Gasteiger partial charge in [0.15, 0.2) is 5.58 Å². The highest BCUT2D eigenvalue weighted by atomic mass is 16.3. The first-order valence-corrected chi connectivity index (χ1v) is 19.0. The molecule has 9 aromatic carbocycles. The van der Waals surface area contributed by atoms with Crippen LogP contribution in [0.5, 0.6) is 0 Å². The number of rotatable bonds is 5. The van der Waals surface area contributed by atoms with E-state index in [2.05, 4.69) is 179 Å². The minimum absolute atomic E-state index is 0.842. The predicted molar refractivity (Wildman–Crippen MR) is 233 cm³/mol. The summed E-state index contributed by atoms with van der Waals surface area (Å²) >= 11 is 0. The molecule has 3 heterocycles. The number of hydrogen-bond donors (Lipinski definition) is 0. The van der Waals surface area contributed by atoms with Gasteiger partial charge in [-0.25, -0.2) is 0 Å². The van der Waals surface area contributed by atoms with Crippen molar-refractivity contribution >= 4 is 93.5 Å². The van der Waals surface area contributed by atoms with Crippen LogP contribution in [0.3, 0.4) is 0 Å². The lowest BCUT2D eigenvalue weighted by atomic mass is 10.0. The van der Waals surface area contributed by atoms with E-state index in [0.29, 0.717) is 0 Å². The van der Waals surface area contributed by atoms with E-state index in [4.69, 9.17) is 8.83 Å². The van der Waals surface area contributed by atoms with Crippen LogP contribution in [0.2, 0.25) is 0 Å². The van der Waals surface area contributed by atoms with Gasteiger partial charge in [0.1, 0.15) is 16.7 Å². The number of furan rings is 2. The van der Waals surface area contributed by atoms with Gasteiger partial charge in [-0.05, 0) is 77.2 Å². The van der Waals surface area contributed by atoms with Crippen LogP contribution in [-0.4, -0.2) is 4.57 Å². The molecule has 0 aliphatic rings. The molecule has 4 heteroatoms. The maximum absolute atomic E-state index is 6.65. The molecule has 0 amide bonds. The summed E-state index contributed by atoms with van der Waals surface area (Å²) in [5.74, 6) is 0. The van der Waals surface area contributed by atoms with Crippen LogP contribution >= 0.6 is 0 Å². The highest BCUT2D eigenvalue weighted by molar-refractivity contribution is 6.19. The number of fused-ring (bicyclic) bond motifs is 11. The van der Waals surface area contributed by atoms with Crippen LogP contribution in [0.4, 0.5) is 17.1 Å². The summed E-state index contributed by atoms with van der Waals surface area (Å²) < 4.78 is 15.5. The maximum Gasteiger partial charge on any atom is 0.159 e. The average molecular weight is 717 g/mol. The van der Waals surface area contributed by atoms with Gasteiger partial charge in [-0.3, -0.25) is 0 Å². The van der Waals surface area contributed by atoms with Gasteiger partial charge < -0.3 is 18.3 Å². The molecule has 0 bridgehead atoms. The standard InChI is InChI=1S/C52H32N2O2/c1-2-13-36(14-3-1)54-46-32-35(27-30-39(46)41-31-26-34-12-4-5-15-38(34)51(41)54)33-24-28-37(29-25-33)53(44-19-11-23-49-50(44)43-17-7-9-22-48(43)55-49)45-20-10-18-42-40-16-6-8-21-47(40)56-52(42)45/h1-32H. The Bertz CT molecular complexity index is 3480. The van der Waals surface area contributed by atoms with Crippen molar-refractivity contribution in [3.05, 3.63) is 194 Å². The van der Waals surface area contributed by atoms with Gasteiger partial charge in [-0.15, -0.1) is 0 Å². The number of anilines is 3. The SMILES string of the molecule is c1ccc(-n2c3cc(-c4ccc(N(c5cccc6c5oc5ccccc56)c5cccc6oc7ccccc7c56)cc4)ccc3c3ccc4ccccc4c32)cc1. The fourth-order valence-corrected chi connectivity index (χ4v) is 8.86. The van der Waals surface area contributed by atoms with Crippen molar-refractivity contribution in [1.82, 2.24) is 4.57 Å². The van der Waals surface area contributed by atoms with E-state index in [1.807, 2.05) is 24.3 Å². The first-order chi connectivity index (χ1) is 27.8. The van der Waals surface area contributed by atoms with Gasteiger partial charge in [0.2, 0.25) is 0 Å². The first-order valence-electron chi connectivity index (χ1n) is 19.0. The third-order valence-electron chi connectivity index (χ3n) is 11.4. The van der Waals surface area contributed by atoms with E-state index in [-0.39, 0.29) is 0 Å². The largest absolute Gasteiger partial charge is 0.456 e. The second-order valence-corrected chi connectivity index (χ2v) is 14.5. The van der Waals surface area contributed by atoms with E-state index in [0.717, 1.165) is 77.8 Å². The second-order valence-electron chi connectivity index (χ2n) is 14.5. The smallest absolute Gasteiger partial charge is 0.159 e. The zero-order chi connectivity index (χ0) is 36.7. The number of benzene rings is 9. The average Bonchev–Trinajstić information content (AvgIpc) is 3.94. The summed E-state index contributed by atoms with van der Waals surface area (Å²) in [6.45, 7) is 0. The van der Waals surface area contributed by atoms with E-state index >= 15 is 0 Å². The van der Waals surface area contributed by atoms with Crippen molar-refractivity contribution in [1.29, 1.82) is 0 Å². The Morgan fingerprint density at radius 1 is 0.393 bits per heavy atom.